The molecule has 0 aromatic heterocycles. The molecule has 0 aliphatic rings. The van der Waals surface area contributed by atoms with E-state index in [1.54, 1.807) is 0 Å². The van der Waals surface area contributed by atoms with E-state index in [1.807, 2.05) is 0 Å². The smallest absolute Gasteiger partial charge is 0.288 e. The van der Waals surface area contributed by atoms with Crippen LogP contribution in [0, 0.1) is 12.0 Å². The van der Waals surface area contributed by atoms with Gasteiger partial charge in [0.1, 0.15) is 0 Å². The summed E-state index contributed by atoms with van der Waals surface area (Å²) in [4.78, 5) is 4.16. The minimum atomic E-state index is -3.54. The third-order valence-corrected chi connectivity index (χ3v) is 1.87. The van der Waals surface area contributed by atoms with Gasteiger partial charge in [0, 0.05) is 21.1 Å². The monoisotopic (exact) mass is 180 g/mol. The fourth-order valence-electron chi connectivity index (χ4n) is 0.241. The van der Waals surface area contributed by atoms with E-state index in [4.69, 9.17) is 0 Å². The summed E-state index contributed by atoms with van der Waals surface area (Å²) in [5, 5.41) is 0. The first kappa shape index (κ1) is 10.5. The summed E-state index contributed by atoms with van der Waals surface area (Å²) in [5.41, 5.74) is 0. The van der Waals surface area contributed by atoms with Crippen molar-refractivity contribution in [2.45, 2.75) is 6.92 Å². The van der Waals surface area contributed by atoms with Crippen molar-refractivity contribution < 1.29 is 23.2 Å². The molecule has 11 heavy (non-hydrogen) atoms. The summed E-state index contributed by atoms with van der Waals surface area (Å²) in [5.74, 6) is 2.36. The molecule has 0 heterocycles. The molecular formula is C5H9O5P. The van der Waals surface area contributed by atoms with E-state index in [0.717, 1.165) is 0 Å². The number of rotatable bonds is 4. The molecule has 0 bridgehead atoms. The zero-order valence-electron chi connectivity index (χ0n) is 6.49. The van der Waals surface area contributed by atoms with Crippen LogP contribution in [0.2, 0.25) is 0 Å². The molecule has 0 rings (SSSR count). The molecule has 0 saturated carbocycles. The Kier molecular flexibility index (Phi) is 4.92. The Balaban J connectivity index is 3.85. The van der Waals surface area contributed by atoms with Gasteiger partial charge in [0.25, 0.3) is 0 Å². The molecule has 0 fully saturated rings. The highest BCUT2D eigenvalue weighted by atomic mass is 31.2. The summed E-state index contributed by atoms with van der Waals surface area (Å²) in [6.45, 7) is 1.54. The molecule has 0 aliphatic carbocycles. The predicted octanol–water partition coefficient (Wildman–Crippen LogP) is 1.32. The summed E-state index contributed by atoms with van der Waals surface area (Å²) in [6.07, 6.45) is 2.07. The predicted molar refractivity (Wildman–Crippen MR) is 37.2 cm³/mol. The maximum atomic E-state index is 11.0. The molecule has 0 aromatic carbocycles. The highest BCUT2D eigenvalue weighted by Gasteiger charge is 2.24. The lowest BCUT2D eigenvalue weighted by Crippen LogP contribution is -1.92. The fourth-order valence-corrected chi connectivity index (χ4v) is 0.641. The van der Waals surface area contributed by atoms with Gasteiger partial charge >= 0.3 is 7.82 Å². The summed E-state index contributed by atoms with van der Waals surface area (Å²) in [6, 6.07) is 0. The van der Waals surface area contributed by atoms with Gasteiger partial charge in [-0.1, -0.05) is 10.6 Å². The molecule has 5 nitrogen and oxygen atoms in total. The molecule has 0 aliphatic heterocycles. The third-order valence-electron chi connectivity index (χ3n) is 0.719. The van der Waals surface area contributed by atoms with Gasteiger partial charge in [0.05, 0.1) is 0 Å². The minimum absolute atomic E-state index is 1.17. The van der Waals surface area contributed by atoms with E-state index in [0.29, 0.717) is 0 Å². The van der Waals surface area contributed by atoms with E-state index in [1.165, 1.54) is 21.1 Å². The molecule has 0 atom stereocenters. The Morgan fingerprint density at radius 1 is 1.27 bits per heavy atom. The van der Waals surface area contributed by atoms with Crippen LogP contribution in [0.4, 0.5) is 0 Å². The topological polar surface area (TPSA) is 54.0 Å². The van der Waals surface area contributed by atoms with E-state index >= 15 is 0 Å². The molecule has 0 N–H and O–H groups in total. The fraction of sp³-hybridized carbons (Fsp3) is 0.600. The molecular weight excluding hydrogens is 171 g/mol. The molecule has 6 heteroatoms. The number of phosphoric ester groups is 1. The van der Waals surface area contributed by atoms with Crippen molar-refractivity contribution in [3.05, 3.63) is 0 Å². The van der Waals surface area contributed by atoms with Crippen LogP contribution in [0.1, 0.15) is 6.92 Å². The molecule has 0 amide bonds. The van der Waals surface area contributed by atoms with E-state index < -0.39 is 7.82 Å². The third kappa shape index (κ3) is 4.02. The Bertz CT molecular complexity index is 195. The lowest BCUT2D eigenvalue weighted by atomic mass is 10.8. The molecule has 64 valence electrons. The van der Waals surface area contributed by atoms with E-state index in [2.05, 4.69) is 30.6 Å². The Morgan fingerprint density at radius 2 is 1.82 bits per heavy atom. The van der Waals surface area contributed by atoms with Crippen LogP contribution in [0.15, 0.2) is 0 Å². The first-order valence-electron chi connectivity index (χ1n) is 2.67. The quantitative estimate of drug-likeness (QED) is 0.282. The van der Waals surface area contributed by atoms with Crippen molar-refractivity contribution in [1.82, 2.24) is 0 Å². The number of phosphoric acid groups is 1. The highest BCUT2D eigenvalue weighted by Crippen LogP contribution is 2.47. The average molecular weight is 180 g/mol. The van der Waals surface area contributed by atoms with Gasteiger partial charge in [-0.2, -0.15) is 0 Å². The average Bonchev–Trinajstić information content (AvgIpc) is 2.05. The maximum absolute atomic E-state index is 11.0. The second-order valence-corrected chi connectivity index (χ2v) is 3.10. The molecule has 0 spiro atoms. The van der Waals surface area contributed by atoms with Crippen LogP contribution < -0.4 is 0 Å². The second-order valence-electron chi connectivity index (χ2n) is 1.32. The van der Waals surface area contributed by atoms with E-state index in [-0.39, 0.29) is 0 Å². The zero-order chi connectivity index (χ0) is 8.74. The summed E-state index contributed by atoms with van der Waals surface area (Å²) >= 11 is 0. The Hall–Kier alpha value is -0.530. The van der Waals surface area contributed by atoms with Gasteiger partial charge in [-0.15, -0.1) is 0 Å². The number of hydrogen-bond acceptors (Lipinski definition) is 5. The second kappa shape index (κ2) is 5.16. The van der Waals surface area contributed by atoms with Gasteiger partial charge < -0.3 is 0 Å². The highest BCUT2D eigenvalue weighted by molar-refractivity contribution is 7.48. The lowest BCUT2D eigenvalue weighted by molar-refractivity contribution is -0.158. The molecule has 0 saturated heterocycles. The first-order valence-corrected chi connectivity index (χ1v) is 4.13. The normalized spacial score (nSPS) is 10.1. The van der Waals surface area contributed by atoms with Crippen molar-refractivity contribution in [1.29, 1.82) is 0 Å². The van der Waals surface area contributed by atoms with Gasteiger partial charge in [-0.25, -0.2) is 4.57 Å². The van der Waals surface area contributed by atoms with Gasteiger partial charge in [0.15, 0.2) is 6.11 Å². The van der Waals surface area contributed by atoms with Crippen LogP contribution in [0.25, 0.3) is 0 Å². The van der Waals surface area contributed by atoms with Crippen molar-refractivity contribution in [3.8, 4) is 12.0 Å². The molecule has 0 radical (unpaired) electrons. The minimum Gasteiger partial charge on any atom is -0.288 e. The summed E-state index contributed by atoms with van der Waals surface area (Å²) < 4.78 is 23.9. The van der Waals surface area contributed by atoms with Crippen molar-refractivity contribution in [3.63, 3.8) is 0 Å². The SMILES string of the molecule is CC#COOP(=O)(OC)OC. The van der Waals surface area contributed by atoms with Crippen molar-refractivity contribution in [2.24, 2.45) is 0 Å². The largest absolute Gasteiger partial charge is 0.511 e. The first-order chi connectivity index (χ1) is 5.18. The Morgan fingerprint density at radius 3 is 2.18 bits per heavy atom. The zero-order valence-corrected chi connectivity index (χ0v) is 7.38. The van der Waals surface area contributed by atoms with Gasteiger partial charge in [-0.3, -0.25) is 13.9 Å². The van der Waals surface area contributed by atoms with Crippen LogP contribution in [0.3, 0.4) is 0 Å². The summed E-state index contributed by atoms with van der Waals surface area (Å²) in [7, 11) is -1.19. The van der Waals surface area contributed by atoms with Gasteiger partial charge in [0.2, 0.25) is 0 Å². The Labute approximate surface area is 65.1 Å². The van der Waals surface area contributed by atoms with Crippen molar-refractivity contribution in [2.75, 3.05) is 14.2 Å². The maximum Gasteiger partial charge on any atom is 0.511 e. The van der Waals surface area contributed by atoms with Crippen LogP contribution >= 0.6 is 7.82 Å². The molecule has 0 aromatic rings. The number of hydrogen-bond donors (Lipinski definition) is 0. The van der Waals surface area contributed by atoms with E-state index in [9.17, 15) is 4.57 Å². The molecule has 0 unspecified atom stereocenters. The van der Waals surface area contributed by atoms with Crippen LogP contribution in [-0.2, 0) is 23.2 Å². The standard InChI is InChI=1S/C5H9O5P/c1-4-5-9-10-11(6,7-2)8-3/h1-3H3. The van der Waals surface area contributed by atoms with Crippen molar-refractivity contribution >= 4 is 7.82 Å². The lowest BCUT2D eigenvalue weighted by Gasteiger charge is -2.08. The van der Waals surface area contributed by atoms with Gasteiger partial charge in [-0.05, 0) is 0 Å². The van der Waals surface area contributed by atoms with Crippen LogP contribution in [0.5, 0.6) is 0 Å². The van der Waals surface area contributed by atoms with Crippen LogP contribution in [-0.4, -0.2) is 14.2 Å².